The van der Waals surface area contributed by atoms with Gasteiger partial charge in [0.25, 0.3) is 0 Å². The molecule has 13 heavy (non-hydrogen) atoms. The summed E-state index contributed by atoms with van der Waals surface area (Å²) in [5.41, 5.74) is 0. The first-order chi connectivity index (χ1) is 6.38. The third-order valence-corrected chi connectivity index (χ3v) is 3.67. The van der Waals surface area contributed by atoms with E-state index in [1.54, 1.807) is 11.8 Å². The zero-order valence-electron chi connectivity index (χ0n) is 7.79. The van der Waals surface area contributed by atoms with Gasteiger partial charge in [0.1, 0.15) is 0 Å². The first kappa shape index (κ1) is 9.34. The molecule has 0 radical (unpaired) electrons. The molecule has 0 spiro atoms. The topological polar surface area (TPSA) is 32.3 Å². The number of nitrogens with zero attached hydrogens (tertiary/aromatic N) is 1. The average Bonchev–Trinajstić information content (AvgIpc) is 2.56. The molecule has 0 aliphatic carbocycles. The first-order valence-electron chi connectivity index (χ1n) is 4.98. The van der Waals surface area contributed by atoms with Crippen LogP contribution in [0.4, 0.5) is 0 Å². The van der Waals surface area contributed by atoms with Crippen LogP contribution in [0.15, 0.2) is 0 Å². The van der Waals surface area contributed by atoms with Crippen LogP contribution in [0, 0.1) is 0 Å². The Bertz CT molecular complexity index is 192. The van der Waals surface area contributed by atoms with Crippen LogP contribution >= 0.6 is 11.8 Å². The lowest BCUT2D eigenvalue weighted by molar-refractivity contribution is -0.130. The molecule has 2 aliphatic heterocycles. The Morgan fingerprint density at radius 3 is 3.15 bits per heavy atom. The Balaban J connectivity index is 1.97. The van der Waals surface area contributed by atoms with Crippen molar-refractivity contribution in [3.8, 4) is 0 Å². The van der Waals surface area contributed by atoms with Crippen molar-refractivity contribution in [3.63, 3.8) is 0 Å². The maximum atomic E-state index is 11.7. The summed E-state index contributed by atoms with van der Waals surface area (Å²) in [6, 6.07) is 0. The van der Waals surface area contributed by atoms with Crippen molar-refractivity contribution in [2.45, 2.75) is 25.4 Å². The highest BCUT2D eigenvalue weighted by Crippen LogP contribution is 2.17. The molecule has 1 atom stereocenters. The predicted octanol–water partition coefficient (Wildman–Crippen LogP) is 0.661. The lowest BCUT2D eigenvalue weighted by Gasteiger charge is -2.27. The molecule has 2 fully saturated rings. The number of carbonyl (C=O) groups excluding carboxylic acids is 1. The van der Waals surface area contributed by atoms with Crippen LogP contribution in [0.25, 0.3) is 0 Å². The van der Waals surface area contributed by atoms with Gasteiger partial charge < -0.3 is 4.90 Å². The van der Waals surface area contributed by atoms with E-state index in [1.165, 1.54) is 6.42 Å². The van der Waals surface area contributed by atoms with Gasteiger partial charge in [0.05, 0.1) is 11.9 Å². The molecule has 3 nitrogen and oxygen atoms in total. The quantitative estimate of drug-likeness (QED) is 0.675. The Morgan fingerprint density at radius 2 is 2.38 bits per heavy atom. The van der Waals surface area contributed by atoms with E-state index in [0.717, 1.165) is 31.7 Å². The Kier molecular flexibility index (Phi) is 3.11. The monoisotopic (exact) mass is 200 g/mol. The maximum Gasteiger partial charge on any atom is 0.233 e. The second kappa shape index (κ2) is 4.33. The number of nitrogens with one attached hydrogen (secondary N) is 1. The fourth-order valence-corrected chi connectivity index (χ4v) is 2.78. The highest BCUT2D eigenvalue weighted by atomic mass is 32.2. The van der Waals surface area contributed by atoms with Crippen molar-refractivity contribution in [3.05, 3.63) is 0 Å². The molecule has 1 amide bonds. The number of carbonyl (C=O) groups is 1. The fourth-order valence-electron chi connectivity index (χ4n) is 1.97. The van der Waals surface area contributed by atoms with Gasteiger partial charge in [-0.1, -0.05) is 0 Å². The lowest BCUT2D eigenvalue weighted by Crippen LogP contribution is -2.46. The first-order valence-corrected chi connectivity index (χ1v) is 6.14. The molecule has 74 valence electrons. The Morgan fingerprint density at radius 1 is 1.46 bits per heavy atom. The summed E-state index contributed by atoms with van der Waals surface area (Å²) in [4.78, 5) is 13.7. The third-order valence-electron chi connectivity index (χ3n) is 2.64. The van der Waals surface area contributed by atoms with Crippen LogP contribution in [0.2, 0.25) is 0 Å². The molecule has 0 aromatic carbocycles. The highest BCUT2D eigenvalue weighted by Gasteiger charge is 2.26. The standard InChI is InChI=1S/C9H16N2OS/c12-9-7-13-6-2-5-11(9)8-3-1-4-10-8/h8,10H,1-7H2. The van der Waals surface area contributed by atoms with Gasteiger partial charge in [-0.3, -0.25) is 10.1 Å². The molecular formula is C9H16N2OS. The summed E-state index contributed by atoms with van der Waals surface area (Å²) in [6.45, 7) is 2.02. The van der Waals surface area contributed by atoms with Crippen molar-refractivity contribution < 1.29 is 4.79 Å². The summed E-state index contributed by atoms with van der Waals surface area (Å²) >= 11 is 1.77. The largest absolute Gasteiger partial charge is 0.326 e. The van der Waals surface area contributed by atoms with E-state index < -0.39 is 0 Å². The van der Waals surface area contributed by atoms with Crippen LogP contribution in [-0.4, -0.2) is 41.6 Å². The van der Waals surface area contributed by atoms with Gasteiger partial charge in [0.15, 0.2) is 0 Å². The fraction of sp³-hybridized carbons (Fsp3) is 0.889. The molecule has 0 bridgehead atoms. The number of rotatable bonds is 1. The van der Waals surface area contributed by atoms with Gasteiger partial charge >= 0.3 is 0 Å². The van der Waals surface area contributed by atoms with Crippen LogP contribution < -0.4 is 5.32 Å². The molecule has 0 saturated carbocycles. The Labute approximate surface area is 83.2 Å². The molecule has 2 rings (SSSR count). The minimum Gasteiger partial charge on any atom is -0.326 e. The second-order valence-corrected chi connectivity index (χ2v) is 4.71. The summed E-state index contributed by atoms with van der Waals surface area (Å²) in [7, 11) is 0. The minimum atomic E-state index is 0.321. The molecular weight excluding hydrogens is 184 g/mol. The van der Waals surface area contributed by atoms with E-state index in [1.807, 2.05) is 4.90 Å². The van der Waals surface area contributed by atoms with Crippen molar-refractivity contribution >= 4 is 17.7 Å². The van der Waals surface area contributed by atoms with Crippen LogP contribution in [0.1, 0.15) is 19.3 Å². The van der Waals surface area contributed by atoms with E-state index >= 15 is 0 Å². The molecule has 0 aromatic rings. The van der Waals surface area contributed by atoms with Crippen molar-refractivity contribution in [1.82, 2.24) is 10.2 Å². The minimum absolute atomic E-state index is 0.321. The predicted molar refractivity (Wildman–Crippen MR) is 54.7 cm³/mol. The summed E-state index contributed by atoms with van der Waals surface area (Å²) < 4.78 is 0. The van der Waals surface area contributed by atoms with Crippen LogP contribution in [0.3, 0.4) is 0 Å². The number of hydrogen-bond acceptors (Lipinski definition) is 3. The number of thioether (sulfide) groups is 1. The zero-order chi connectivity index (χ0) is 9.10. The molecule has 0 aromatic heterocycles. The third kappa shape index (κ3) is 2.17. The summed E-state index contributed by atoms with van der Waals surface area (Å²) in [6.07, 6.45) is 3.83. The van der Waals surface area contributed by atoms with Crippen molar-refractivity contribution in [2.75, 3.05) is 24.6 Å². The Hall–Kier alpha value is -0.220. The van der Waals surface area contributed by atoms with E-state index in [0.29, 0.717) is 17.8 Å². The smallest absolute Gasteiger partial charge is 0.233 e. The SMILES string of the molecule is O=C1CSCCCN1C1CCCN1. The van der Waals surface area contributed by atoms with Gasteiger partial charge in [-0.2, -0.15) is 11.8 Å². The molecule has 1 unspecified atom stereocenters. The summed E-state index contributed by atoms with van der Waals surface area (Å²) in [5, 5.41) is 3.38. The lowest BCUT2D eigenvalue weighted by atomic mass is 10.3. The van der Waals surface area contributed by atoms with Gasteiger partial charge in [-0.25, -0.2) is 0 Å². The average molecular weight is 200 g/mol. The van der Waals surface area contributed by atoms with E-state index in [9.17, 15) is 4.79 Å². The zero-order valence-corrected chi connectivity index (χ0v) is 8.61. The van der Waals surface area contributed by atoms with Crippen LogP contribution in [-0.2, 0) is 4.79 Å². The number of amides is 1. The molecule has 4 heteroatoms. The van der Waals surface area contributed by atoms with Crippen molar-refractivity contribution in [1.29, 1.82) is 0 Å². The molecule has 2 aliphatic rings. The van der Waals surface area contributed by atoms with Gasteiger partial charge in [0.2, 0.25) is 5.91 Å². The number of hydrogen-bond donors (Lipinski definition) is 1. The molecule has 2 saturated heterocycles. The normalized spacial score (nSPS) is 30.6. The van der Waals surface area contributed by atoms with Gasteiger partial charge in [-0.15, -0.1) is 0 Å². The van der Waals surface area contributed by atoms with Gasteiger partial charge in [0, 0.05) is 6.54 Å². The van der Waals surface area contributed by atoms with E-state index in [4.69, 9.17) is 0 Å². The van der Waals surface area contributed by atoms with Gasteiger partial charge in [-0.05, 0) is 31.6 Å². The highest BCUT2D eigenvalue weighted by molar-refractivity contribution is 7.99. The van der Waals surface area contributed by atoms with E-state index in [2.05, 4.69) is 5.32 Å². The van der Waals surface area contributed by atoms with Crippen molar-refractivity contribution in [2.24, 2.45) is 0 Å². The van der Waals surface area contributed by atoms with E-state index in [-0.39, 0.29) is 0 Å². The van der Waals surface area contributed by atoms with Crippen LogP contribution in [0.5, 0.6) is 0 Å². The molecule has 2 heterocycles. The second-order valence-electron chi connectivity index (χ2n) is 3.61. The summed E-state index contributed by atoms with van der Waals surface area (Å²) in [5.74, 6) is 2.13. The maximum absolute atomic E-state index is 11.7. The molecule has 1 N–H and O–H groups in total.